The molecule has 0 amide bonds. The zero-order valence-corrected chi connectivity index (χ0v) is 8.80. The molecule has 0 spiro atoms. The minimum absolute atomic E-state index is 0.523. The van der Waals surface area contributed by atoms with Crippen LogP contribution in [0.25, 0.3) is 0 Å². The first kappa shape index (κ1) is 9.94. The molecule has 1 aromatic rings. The first-order valence-electron chi connectivity index (χ1n) is 5.00. The van der Waals surface area contributed by atoms with Gasteiger partial charge in [0.2, 0.25) is 0 Å². The molecule has 1 saturated carbocycles. The van der Waals surface area contributed by atoms with E-state index in [9.17, 15) is 5.11 Å². The summed E-state index contributed by atoms with van der Waals surface area (Å²) >= 11 is 5.99. The molecule has 0 aliphatic heterocycles. The highest BCUT2D eigenvalue weighted by Gasteiger charge is 2.31. The molecule has 1 aliphatic rings. The average molecular weight is 212 g/mol. The summed E-state index contributed by atoms with van der Waals surface area (Å²) in [6.45, 7) is 0. The molecule has 0 aromatic carbocycles. The van der Waals surface area contributed by atoms with Crippen LogP contribution in [0.3, 0.4) is 0 Å². The monoisotopic (exact) mass is 211 g/mol. The minimum Gasteiger partial charge on any atom is -0.390 e. The first-order chi connectivity index (χ1) is 6.70. The Balaban J connectivity index is 2.14. The maximum Gasteiger partial charge on any atom is 0.0688 e. The van der Waals surface area contributed by atoms with Crippen LogP contribution >= 0.6 is 11.6 Å². The second-order valence-corrected chi connectivity index (χ2v) is 4.48. The predicted octanol–water partition coefficient (Wildman–Crippen LogP) is 2.58. The van der Waals surface area contributed by atoms with Gasteiger partial charge in [0.25, 0.3) is 0 Å². The van der Waals surface area contributed by atoms with Gasteiger partial charge in [-0.15, -0.1) is 0 Å². The van der Waals surface area contributed by atoms with E-state index in [1.54, 1.807) is 12.4 Å². The van der Waals surface area contributed by atoms with E-state index in [1.165, 1.54) is 0 Å². The van der Waals surface area contributed by atoms with E-state index < -0.39 is 5.60 Å². The van der Waals surface area contributed by atoms with Crippen LogP contribution in [0.1, 0.15) is 31.2 Å². The standard InChI is InChI=1S/C11H14ClNO/c12-10-8-13-6-3-9(10)7-11(14)4-1-2-5-11/h3,6,8,14H,1-2,4-5,7H2. The fourth-order valence-electron chi connectivity index (χ4n) is 2.11. The van der Waals surface area contributed by atoms with Crippen molar-refractivity contribution in [2.24, 2.45) is 0 Å². The van der Waals surface area contributed by atoms with Crippen molar-refractivity contribution in [3.05, 3.63) is 29.0 Å². The number of pyridine rings is 1. The third kappa shape index (κ3) is 2.07. The zero-order valence-electron chi connectivity index (χ0n) is 8.04. The Bertz CT molecular complexity index is 321. The number of nitrogens with zero attached hydrogens (tertiary/aromatic N) is 1. The molecule has 1 aliphatic carbocycles. The highest BCUT2D eigenvalue weighted by Crippen LogP contribution is 2.33. The summed E-state index contributed by atoms with van der Waals surface area (Å²) in [5.74, 6) is 0. The van der Waals surface area contributed by atoms with Gasteiger partial charge < -0.3 is 5.11 Å². The number of halogens is 1. The normalized spacial score (nSPS) is 19.9. The Morgan fingerprint density at radius 1 is 1.43 bits per heavy atom. The Morgan fingerprint density at radius 2 is 2.14 bits per heavy atom. The predicted molar refractivity (Wildman–Crippen MR) is 56.4 cm³/mol. The third-order valence-electron chi connectivity index (χ3n) is 2.91. The summed E-state index contributed by atoms with van der Waals surface area (Å²) in [6, 6.07) is 1.89. The van der Waals surface area contributed by atoms with Crippen molar-refractivity contribution < 1.29 is 5.11 Å². The van der Waals surface area contributed by atoms with E-state index in [-0.39, 0.29) is 0 Å². The Kier molecular flexibility index (Phi) is 2.75. The van der Waals surface area contributed by atoms with E-state index in [2.05, 4.69) is 4.98 Å². The molecule has 0 atom stereocenters. The lowest BCUT2D eigenvalue weighted by Crippen LogP contribution is -2.27. The van der Waals surface area contributed by atoms with Gasteiger partial charge in [-0.25, -0.2) is 0 Å². The second-order valence-electron chi connectivity index (χ2n) is 4.08. The molecular formula is C11H14ClNO. The van der Waals surface area contributed by atoms with E-state index in [0.29, 0.717) is 11.4 Å². The third-order valence-corrected chi connectivity index (χ3v) is 3.25. The van der Waals surface area contributed by atoms with Crippen molar-refractivity contribution in [1.29, 1.82) is 0 Å². The van der Waals surface area contributed by atoms with E-state index in [0.717, 1.165) is 31.2 Å². The van der Waals surface area contributed by atoms with Crippen molar-refractivity contribution >= 4 is 11.6 Å². The topological polar surface area (TPSA) is 33.1 Å². The quantitative estimate of drug-likeness (QED) is 0.816. The molecule has 0 unspecified atom stereocenters. The summed E-state index contributed by atoms with van der Waals surface area (Å²) < 4.78 is 0. The molecule has 1 N–H and O–H groups in total. The van der Waals surface area contributed by atoms with Crippen molar-refractivity contribution in [1.82, 2.24) is 4.98 Å². The molecule has 1 fully saturated rings. The number of aromatic nitrogens is 1. The lowest BCUT2D eigenvalue weighted by atomic mass is 9.94. The zero-order chi connectivity index (χ0) is 10.0. The second kappa shape index (κ2) is 3.87. The summed E-state index contributed by atoms with van der Waals surface area (Å²) in [4.78, 5) is 3.93. The van der Waals surface area contributed by atoms with Crippen LogP contribution in [-0.2, 0) is 6.42 Å². The van der Waals surface area contributed by atoms with Gasteiger partial charge in [-0.05, 0) is 24.5 Å². The maximum absolute atomic E-state index is 10.2. The molecule has 0 bridgehead atoms. The van der Waals surface area contributed by atoms with Gasteiger partial charge in [0.05, 0.1) is 10.6 Å². The van der Waals surface area contributed by atoms with Gasteiger partial charge in [0.15, 0.2) is 0 Å². The van der Waals surface area contributed by atoms with Crippen LogP contribution in [0.4, 0.5) is 0 Å². The van der Waals surface area contributed by atoms with Crippen LogP contribution in [0.2, 0.25) is 5.02 Å². The average Bonchev–Trinajstić information content (AvgIpc) is 2.57. The van der Waals surface area contributed by atoms with Gasteiger partial charge in [-0.1, -0.05) is 24.4 Å². The Labute approximate surface area is 88.9 Å². The van der Waals surface area contributed by atoms with Crippen LogP contribution in [0.15, 0.2) is 18.5 Å². The summed E-state index contributed by atoms with van der Waals surface area (Å²) in [7, 11) is 0. The summed E-state index contributed by atoms with van der Waals surface area (Å²) in [5, 5.41) is 10.9. The van der Waals surface area contributed by atoms with Crippen LogP contribution < -0.4 is 0 Å². The summed E-state index contributed by atoms with van der Waals surface area (Å²) in [6.07, 6.45) is 8.05. The smallest absolute Gasteiger partial charge is 0.0688 e. The highest BCUT2D eigenvalue weighted by molar-refractivity contribution is 6.31. The van der Waals surface area contributed by atoms with E-state index >= 15 is 0 Å². The van der Waals surface area contributed by atoms with Crippen molar-refractivity contribution in [3.8, 4) is 0 Å². The fraction of sp³-hybridized carbons (Fsp3) is 0.545. The molecule has 3 heteroatoms. The molecule has 0 radical (unpaired) electrons. The van der Waals surface area contributed by atoms with Gasteiger partial charge >= 0.3 is 0 Å². The molecule has 0 saturated heterocycles. The van der Waals surface area contributed by atoms with Crippen LogP contribution in [0.5, 0.6) is 0 Å². The number of aliphatic hydroxyl groups is 1. The van der Waals surface area contributed by atoms with Crippen molar-refractivity contribution in [2.45, 2.75) is 37.7 Å². The Hall–Kier alpha value is -0.600. The molecule has 14 heavy (non-hydrogen) atoms. The lowest BCUT2D eigenvalue weighted by Gasteiger charge is -2.22. The summed E-state index contributed by atoms with van der Waals surface area (Å²) in [5.41, 5.74) is 0.483. The SMILES string of the molecule is OC1(Cc2ccncc2Cl)CCCC1. The van der Waals surface area contributed by atoms with Gasteiger partial charge in [-0.2, -0.15) is 0 Å². The van der Waals surface area contributed by atoms with Gasteiger partial charge in [0, 0.05) is 18.8 Å². The van der Waals surface area contributed by atoms with Crippen molar-refractivity contribution in [2.75, 3.05) is 0 Å². The molecule has 1 aromatic heterocycles. The maximum atomic E-state index is 10.2. The minimum atomic E-state index is -0.523. The van der Waals surface area contributed by atoms with Crippen LogP contribution in [0, 0.1) is 0 Å². The molecular weight excluding hydrogens is 198 g/mol. The first-order valence-corrected chi connectivity index (χ1v) is 5.38. The van der Waals surface area contributed by atoms with Gasteiger partial charge in [0.1, 0.15) is 0 Å². The molecule has 76 valence electrons. The molecule has 1 heterocycles. The van der Waals surface area contributed by atoms with Gasteiger partial charge in [-0.3, -0.25) is 4.98 Å². The van der Waals surface area contributed by atoms with Crippen LogP contribution in [-0.4, -0.2) is 15.7 Å². The van der Waals surface area contributed by atoms with Crippen molar-refractivity contribution in [3.63, 3.8) is 0 Å². The van der Waals surface area contributed by atoms with E-state index in [1.807, 2.05) is 6.07 Å². The fourth-order valence-corrected chi connectivity index (χ4v) is 2.30. The lowest BCUT2D eigenvalue weighted by molar-refractivity contribution is 0.0482. The number of hydrogen-bond donors (Lipinski definition) is 1. The molecule has 2 rings (SSSR count). The highest BCUT2D eigenvalue weighted by atomic mass is 35.5. The van der Waals surface area contributed by atoms with E-state index in [4.69, 9.17) is 11.6 Å². The largest absolute Gasteiger partial charge is 0.390 e. The Morgan fingerprint density at radius 3 is 2.79 bits per heavy atom. The number of rotatable bonds is 2. The number of hydrogen-bond acceptors (Lipinski definition) is 2. The molecule has 2 nitrogen and oxygen atoms in total.